The van der Waals surface area contributed by atoms with Crippen molar-refractivity contribution in [2.24, 2.45) is 0 Å². The summed E-state index contributed by atoms with van der Waals surface area (Å²) in [7, 11) is 0. The Morgan fingerprint density at radius 2 is 1.90 bits per heavy atom. The number of hydrogen-bond donors (Lipinski definition) is 1. The fraction of sp³-hybridized carbons (Fsp3) is 0. The standard InChI is InChI=1S/C13H7ClF2N2O3/c14-7-1-2-12(16)11(3-7)13(19)17-9-4-8(15)5-10(6-9)18(20)21/h1-6H,(H,17,19). The third-order valence-corrected chi connectivity index (χ3v) is 2.76. The molecule has 1 N–H and O–H groups in total. The van der Waals surface area contributed by atoms with Gasteiger partial charge in [-0.25, -0.2) is 8.78 Å². The molecule has 2 aromatic rings. The van der Waals surface area contributed by atoms with E-state index in [1.54, 1.807) is 0 Å². The monoisotopic (exact) mass is 312 g/mol. The van der Waals surface area contributed by atoms with Crippen molar-refractivity contribution in [1.82, 2.24) is 0 Å². The van der Waals surface area contributed by atoms with E-state index in [0.29, 0.717) is 6.07 Å². The molecule has 1 amide bonds. The predicted molar refractivity (Wildman–Crippen MR) is 72.4 cm³/mol. The van der Waals surface area contributed by atoms with Crippen LogP contribution in [-0.4, -0.2) is 10.8 Å². The first-order chi connectivity index (χ1) is 9.86. The third kappa shape index (κ3) is 3.51. The summed E-state index contributed by atoms with van der Waals surface area (Å²) >= 11 is 5.66. The first kappa shape index (κ1) is 14.9. The van der Waals surface area contributed by atoms with Gasteiger partial charge in [0.2, 0.25) is 0 Å². The fourth-order valence-electron chi connectivity index (χ4n) is 1.62. The lowest BCUT2D eigenvalue weighted by Crippen LogP contribution is -2.14. The first-order valence-electron chi connectivity index (χ1n) is 5.58. The Kier molecular flexibility index (Phi) is 4.13. The average molecular weight is 313 g/mol. The zero-order valence-electron chi connectivity index (χ0n) is 10.3. The molecule has 5 nitrogen and oxygen atoms in total. The van der Waals surface area contributed by atoms with Crippen molar-refractivity contribution >= 4 is 28.9 Å². The van der Waals surface area contributed by atoms with E-state index in [1.165, 1.54) is 6.07 Å². The molecule has 0 saturated carbocycles. The van der Waals surface area contributed by atoms with Gasteiger partial charge in [-0.15, -0.1) is 0 Å². The number of carbonyl (C=O) groups excluding carboxylic acids is 1. The van der Waals surface area contributed by atoms with Crippen LogP contribution < -0.4 is 5.32 Å². The van der Waals surface area contributed by atoms with E-state index in [9.17, 15) is 23.7 Å². The molecule has 2 aromatic carbocycles. The van der Waals surface area contributed by atoms with Gasteiger partial charge in [-0.1, -0.05) is 11.6 Å². The number of non-ortho nitro benzene ring substituents is 1. The highest BCUT2D eigenvalue weighted by molar-refractivity contribution is 6.31. The zero-order valence-corrected chi connectivity index (χ0v) is 11.0. The molecule has 0 aliphatic rings. The van der Waals surface area contributed by atoms with Crippen LogP contribution in [0.25, 0.3) is 0 Å². The molecule has 21 heavy (non-hydrogen) atoms. The van der Waals surface area contributed by atoms with Crippen molar-refractivity contribution in [1.29, 1.82) is 0 Å². The molecule has 0 heterocycles. The Morgan fingerprint density at radius 3 is 2.57 bits per heavy atom. The maximum absolute atomic E-state index is 13.5. The van der Waals surface area contributed by atoms with Gasteiger partial charge >= 0.3 is 0 Å². The van der Waals surface area contributed by atoms with Crippen molar-refractivity contribution in [2.75, 3.05) is 5.32 Å². The average Bonchev–Trinajstić information content (AvgIpc) is 2.40. The van der Waals surface area contributed by atoms with Gasteiger partial charge < -0.3 is 5.32 Å². The van der Waals surface area contributed by atoms with E-state index < -0.39 is 28.2 Å². The molecule has 8 heteroatoms. The molecular weight excluding hydrogens is 306 g/mol. The van der Waals surface area contributed by atoms with Crippen LogP contribution in [0.3, 0.4) is 0 Å². The highest BCUT2D eigenvalue weighted by Gasteiger charge is 2.15. The van der Waals surface area contributed by atoms with E-state index in [2.05, 4.69) is 5.32 Å². The second-order valence-electron chi connectivity index (χ2n) is 4.03. The van der Waals surface area contributed by atoms with Crippen molar-refractivity contribution in [2.45, 2.75) is 0 Å². The number of carbonyl (C=O) groups is 1. The molecule has 0 bridgehead atoms. The summed E-state index contributed by atoms with van der Waals surface area (Å²) in [6, 6.07) is 5.91. The van der Waals surface area contributed by atoms with Crippen LogP contribution in [0.4, 0.5) is 20.2 Å². The van der Waals surface area contributed by atoms with Crippen LogP contribution >= 0.6 is 11.6 Å². The van der Waals surface area contributed by atoms with E-state index in [-0.39, 0.29) is 16.3 Å². The first-order valence-corrected chi connectivity index (χ1v) is 5.96. The molecule has 0 aromatic heterocycles. The van der Waals surface area contributed by atoms with Gasteiger partial charge in [0, 0.05) is 11.1 Å². The molecule has 2 rings (SSSR count). The van der Waals surface area contributed by atoms with Gasteiger partial charge in [-0.2, -0.15) is 0 Å². The summed E-state index contributed by atoms with van der Waals surface area (Å²) in [5.74, 6) is -2.61. The highest BCUT2D eigenvalue weighted by Crippen LogP contribution is 2.22. The molecule has 0 fully saturated rings. The summed E-state index contributed by atoms with van der Waals surface area (Å²) in [4.78, 5) is 21.7. The predicted octanol–water partition coefficient (Wildman–Crippen LogP) is 3.78. The fourth-order valence-corrected chi connectivity index (χ4v) is 1.79. The van der Waals surface area contributed by atoms with Crippen LogP contribution in [0.5, 0.6) is 0 Å². The smallest absolute Gasteiger partial charge is 0.274 e. The SMILES string of the molecule is O=C(Nc1cc(F)cc([N+](=O)[O-])c1)c1cc(Cl)ccc1F. The maximum Gasteiger partial charge on any atom is 0.274 e. The number of anilines is 1. The van der Waals surface area contributed by atoms with E-state index >= 15 is 0 Å². The quantitative estimate of drug-likeness (QED) is 0.692. The lowest BCUT2D eigenvalue weighted by atomic mass is 10.2. The molecular formula is C13H7ClF2N2O3. The van der Waals surface area contributed by atoms with Crippen molar-refractivity contribution in [3.63, 3.8) is 0 Å². The number of halogens is 3. The zero-order chi connectivity index (χ0) is 15.6. The number of nitrogens with one attached hydrogen (secondary N) is 1. The lowest BCUT2D eigenvalue weighted by molar-refractivity contribution is -0.385. The second kappa shape index (κ2) is 5.84. The Balaban J connectivity index is 2.31. The molecule has 0 spiro atoms. The number of nitro groups is 1. The molecule has 0 aliphatic heterocycles. The maximum atomic E-state index is 13.5. The largest absolute Gasteiger partial charge is 0.322 e. The van der Waals surface area contributed by atoms with Crippen LogP contribution in [0.2, 0.25) is 5.02 Å². The van der Waals surface area contributed by atoms with Gasteiger partial charge in [0.15, 0.2) is 0 Å². The summed E-state index contributed by atoms with van der Waals surface area (Å²) < 4.78 is 26.7. The van der Waals surface area contributed by atoms with Gasteiger partial charge in [-0.3, -0.25) is 14.9 Å². The molecule has 0 saturated heterocycles. The number of benzene rings is 2. The van der Waals surface area contributed by atoms with E-state index in [1.807, 2.05) is 0 Å². The Morgan fingerprint density at radius 1 is 1.19 bits per heavy atom. The van der Waals surface area contributed by atoms with Crippen LogP contribution in [0.1, 0.15) is 10.4 Å². The molecule has 0 radical (unpaired) electrons. The summed E-state index contributed by atoms with van der Waals surface area (Å²) in [6.45, 7) is 0. The summed E-state index contributed by atoms with van der Waals surface area (Å²) in [5.41, 5.74) is -1.04. The minimum absolute atomic E-state index is 0.145. The minimum atomic E-state index is -0.897. The normalized spacial score (nSPS) is 10.2. The summed E-state index contributed by atoms with van der Waals surface area (Å²) in [5, 5.41) is 12.9. The minimum Gasteiger partial charge on any atom is -0.322 e. The van der Waals surface area contributed by atoms with Gasteiger partial charge in [0.05, 0.1) is 22.2 Å². The van der Waals surface area contributed by atoms with Crippen LogP contribution in [0.15, 0.2) is 36.4 Å². The van der Waals surface area contributed by atoms with Gasteiger partial charge in [-0.05, 0) is 24.3 Å². The highest BCUT2D eigenvalue weighted by atomic mass is 35.5. The van der Waals surface area contributed by atoms with Gasteiger partial charge in [0.1, 0.15) is 11.6 Å². The molecule has 108 valence electrons. The van der Waals surface area contributed by atoms with Gasteiger partial charge in [0.25, 0.3) is 11.6 Å². The lowest BCUT2D eigenvalue weighted by Gasteiger charge is -2.07. The molecule has 0 aliphatic carbocycles. The number of amides is 1. The number of nitro benzene ring substituents is 1. The number of hydrogen-bond acceptors (Lipinski definition) is 3. The number of rotatable bonds is 3. The van der Waals surface area contributed by atoms with Crippen molar-refractivity contribution < 1.29 is 18.5 Å². The van der Waals surface area contributed by atoms with E-state index in [4.69, 9.17) is 11.6 Å². The summed E-state index contributed by atoms with van der Waals surface area (Å²) in [6.07, 6.45) is 0. The van der Waals surface area contributed by atoms with E-state index in [0.717, 1.165) is 24.3 Å². The Bertz CT molecular complexity index is 737. The molecule has 0 unspecified atom stereocenters. The topological polar surface area (TPSA) is 72.2 Å². The van der Waals surface area contributed by atoms with Crippen molar-refractivity contribution in [3.8, 4) is 0 Å². The Hall–Kier alpha value is -2.54. The Labute approximate surface area is 122 Å². The van der Waals surface area contributed by atoms with Crippen molar-refractivity contribution in [3.05, 3.63) is 68.7 Å². The molecule has 0 atom stereocenters. The van der Waals surface area contributed by atoms with Crippen LogP contribution in [0, 0.1) is 21.7 Å². The number of nitrogens with zero attached hydrogens (tertiary/aromatic N) is 1. The van der Waals surface area contributed by atoms with Crippen LogP contribution in [-0.2, 0) is 0 Å². The second-order valence-corrected chi connectivity index (χ2v) is 4.47. The third-order valence-electron chi connectivity index (χ3n) is 2.52.